The Kier molecular flexibility index (Phi) is 4.59. The van der Waals surface area contributed by atoms with Crippen molar-refractivity contribution in [1.82, 2.24) is 10.2 Å². The fourth-order valence-corrected chi connectivity index (χ4v) is 3.24. The standard InChI is InChI=1S/C18H26N2O/c1-14-11-17(14)18(21)19-12-15-7-3-4-8-16(15)13-20-9-5-2-6-10-20/h3-4,7-8,14,17H,2,5-6,9-13H2,1H3,(H,19,21). The molecule has 21 heavy (non-hydrogen) atoms. The van der Waals surface area contributed by atoms with Gasteiger partial charge in [-0.15, -0.1) is 0 Å². The Labute approximate surface area is 127 Å². The Hall–Kier alpha value is -1.35. The maximum Gasteiger partial charge on any atom is 0.223 e. The monoisotopic (exact) mass is 286 g/mol. The van der Waals surface area contributed by atoms with E-state index in [1.807, 2.05) is 0 Å². The number of carbonyl (C=O) groups is 1. The molecule has 1 saturated carbocycles. The summed E-state index contributed by atoms with van der Waals surface area (Å²) in [7, 11) is 0. The van der Waals surface area contributed by atoms with Gasteiger partial charge in [-0.1, -0.05) is 37.6 Å². The van der Waals surface area contributed by atoms with Crippen LogP contribution in [0.2, 0.25) is 0 Å². The zero-order valence-electron chi connectivity index (χ0n) is 13.0. The lowest BCUT2D eigenvalue weighted by Gasteiger charge is -2.27. The van der Waals surface area contributed by atoms with Gasteiger partial charge >= 0.3 is 0 Å². The lowest BCUT2D eigenvalue weighted by molar-refractivity contribution is -0.122. The minimum Gasteiger partial charge on any atom is -0.352 e. The van der Waals surface area contributed by atoms with Crippen LogP contribution in [0, 0.1) is 11.8 Å². The molecule has 2 unspecified atom stereocenters. The molecule has 3 heteroatoms. The summed E-state index contributed by atoms with van der Waals surface area (Å²) in [5, 5.41) is 3.11. The Bertz CT molecular complexity index is 494. The SMILES string of the molecule is CC1CC1C(=O)NCc1ccccc1CN1CCCCC1. The van der Waals surface area contributed by atoms with E-state index >= 15 is 0 Å². The molecule has 2 fully saturated rings. The molecule has 0 radical (unpaired) electrons. The van der Waals surface area contributed by atoms with Crippen molar-refractivity contribution in [3.63, 3.8) is 0 Å². The van der Waals surface area contributed by atoms with E-state index in [1.165, 1.54) is 43.5 Å². The van der Waals surface area contributed by atoms with E-state index in [9.17, 15) is 4.79 Å². The van der Waals surface area contributed by atoms with Gasteiger partial charge in [0.05, 0.1) is 0 Å². The molecule has 2 aliphatic rings. The summed E-state index contributed by atoms with van der Waals surface area (Å²) in [6.45, 7) is 6.26. The van der Waals surface area contributed by atoms with Crippen LogP contribution in [0.3, 0.4) is 0 Å². The van der Waals surface area contributed by atoms with E-state index in [0.717, 1.165) is 13.0 Å². The molecule has 0 spiro atoms. The van der Waals surface area contributed by atoms with Gasteiger partial charge in [-0.2, -0.15) is 0 Å². The van der Waals surface area contributed by atoms with Gasteiger partial charge in [0.25, 0.3) is 0 Å². The van der Waals surface area contributed by atoms with Crippen molar-refractivity contribution in [2.45, 2.75) is 45.7 Å². The number of rotatable bonds is 5. The number of nitrogens with one attached hydrogen (secondary N) is 1. The summed E-state index contributed by atoms with van der Waals surface area (Å²) in [4.78, 5) is 14.5. The molecule has 1 heterocycles. The summed E-state index contributed by atoms with van der Waals surface area (Å²) in [6.07, 6.45) is 5.06. The third-order valence-electron chi connectivity index (χ3n) is 4.86. The molecule has 2 atom stereocenters. The lowest BCUT2D eigenvalue weighted by atomic mass is 10.0. The average Bonchev–Trinajstić information content (AvgIpc) is 3.24. The van der Waals surface area contributed by atoms with Crippen molar-refractivity contribution in [2.75, 3.05) is 13.1 Å². The highest BCUT2D eigenvalue weighted by Gasteiger charge is 2.38. The van der Waals surface area contributed by atoms with Gasteiger partial charge in [-0.25, -0.2) is 0 Å². The van der Waals surface area contributed by atoms with Crippen LogP contribution in [0.5, 0.6) is 0 Å². The van der Waals surface area contributed by atoms with Crippen LogP contribution in [-0.4, -0.2) is 23.9 Å². The van der Waals surface area contributed by atoms with Crippen molar-refractivity contribution in [1.29, 1.82) is 0 Å². The van der Waals surface area contributed by atoms with Crippen LogP contribution in [0.4, 0.5) is 0 Å². The fraction of sp³-hybridized carbons (Fsp3) is 0.611. The van der Waals surface area contributed by atoms with Gasteiger partial charge in [0.2, 0.25) is 5.91 Å². The van der Waals surface area contributed by atoms with E-state index in [4.69, 9.17) is 0 Å². The number of likely N-dealkylation sites (tertiary alicyclic amines) is 1. The number of nitrogens with zero attached hydrogens (tertiary/aromatic N) is 1. The quantitative estimate of drug-likeness (QED) is 0.902. The predicted molar refractivity (Wildman–Crippen MR) is 84.7 cm³/mol. The van der Waals surface area contributed by atoms with Gasteiger partial charge < -0.3 is 5.32 Å². The van der Waals surface area contributed by atoms with Crippen molar-refractivity contribution in [2.24, 2.45) is 11.8 Å². The first-order valence-electron chi connectivity index (χ1n) is 8.31. The smallest absolute Gasteiger partial charge is 0.223 e. The van der Waals surface area contributed by atoms with Crippen molar-refractivity contribution < 1.29 is 4.79 Å². The first kappa shape index (κ1) is 14.6. The van der Waals surface area contributed by atoms with Gasteiger partial charge in [-0.05, 0) is 49.4 Å². The molecule has 3 nitrogen and oxygen atoms in total. The minimum absolute atomic E-state index is 0.232. The number of hydrogen-bond acceptors (Lipinski definition) is 2. The minimum atomic E-state index is 0.232. The molecule has 1 aliphatic heterocycles. The van der Waals surface area contributed by atoms with Crippen molar-refractivity contribution in [3.05, 3.63) is 35.4 Å². The number of hydrogen-bond donors (Lipinski definition) is 1. The van der Waals surface area contributed by atoms with Crippen LogP contribution in [0.15, 0.2) is 24.3 Å². The number of amides is 1. The Balaban J connectivity index is 1.57. The van der Waals surface area contributed by atoms with Crippen LogP contribution in [0.1, 0.15) is 43.7 Å². The van der Waals surface area contributed by atoms with Gasteiger partial charge in [-0.3, -0.25) is 9.69 Å². The van der Waals surface area contributed by atoms with Gasteiger partial charge in [0.1, 0.15) is 0 Å². The molecular formula is C18H26N2O. The highest BCUT2D eigenvalue weighted by molar-refractivity contribution is 5.81. The number of piperidine rings is 1. The maximum atomic E-state index is 12.0. The van der Waals surface area contributed by atoms with Gasteiger partial charge in [0, 0.05) is 19.0 Å². The van der Waals surface area contributed by atoms with Crippen molar-refractivity contribution >= 4 is 5.91 Å². The first-order chi connectivity index (χ1) is 10.2. The van der Waals surface area contributed by atoms with E-state index < -0.39 is 0 Å². The number of carbonyl (C=O) groups excluding carboxylic acids is 1. The molecule has 1 aromatic rings. The zero-order valence-corrected chi connectivity index (χ0v) is 13.0. The summed E-state index contributed by atoms with van der Waals surface area (Å²) in [6, 6.07) is 8.53. The maximum absolute atomic E-state index is 12.0. The highest BCUT2D eigenvalue weighted by atomic mass is 16.2. The molecule has 0 bridgehead atoms. The summed E-state index contributed by atoms with van der Waals surface area (Å²) in [5.41, 5.74) is 2.63. The summed E-state index contributed by atoms with van der Waals surface area (Å²) in [5.74, 6) is 1.07. The number of benzene rings is 1. The van der Waals surface area contributed by atoms with E-state index in [-0.39, 0.29) is 11.8 Å². The second-order valence-electron chi connectivity index (χ2n) is 6.64. The Morgan fingerprint density at radius 1 is 1.19 bits per heavy atom. The molecule has 1 aromatic carbocycles. The summed E-state index contributed by atoms with van der Waals surface area (Å²) < 4.78 is 0. The van der Waals surface area contributed by atoms with Crippen LogP contribution in [0.25, 0.3) is 0 Å². The molecule has 1 N–H and O–H groups in total. The molecule has 1 saturated heterocycles. The van der Waals surface area contributed by atoms with Crippen LogP contribution < -0.4 is 5.32 Å². The topological polar surface area (TPSA) is 32.3 Å². The Morgan fingerprint density at radius 2 is 1.86 bits per heavy atom. The molecule has 1 amide bonds. The molecule has 0 aromatic heterocycles. The van der Waals surface area contributed by atoms with Crippen molar-refractivity contribution in [3.8, 4) is 0 Å². The van der Waals surface area contributed by atoms with E-state index in [0.29, 0.717) is 12.5 Å². The average molecular weight is 286 g/mol. The fourth-order valence-electron chi connectivity index (χ4n) is 3.24. The molecule has 1 aliphatic carbocycles. The van der Waals surface area contributed by atoms with Crippen LogP contribution >= 0.6 is 0 Å². The molecule has 3 rings (SSSR count). The third-order valence-corrected chi connectivity index (χ3v) is 4.86. The highest BCUT2D eigenvalue weighted by Crippen LogP contribution is 2.37. The molecular weight excluding hydrogens is 260 g/mol. The predicted octanol–water partition coefficient (Wildman–Crippen LogP) is 2.94. The normalized spacial score (nSPS) is 25.6. The second kappa shape index (κ2) is 6.61. The zero-order chi connectivity index (χ0) is 14.7. The van der Waals surface area contributed by atoms with E-state index in [2.05, 4.69) is 41.4 Å². The summed E-state index contributed by atoms with van der Waals surface area (Å²) >= 11 is 0. The first-order valence-corrected chi connectivity index (χ1v) is 8.31. The second-order valence-corrected chi connectivity index (χ2v) is 6.64. The Morgan fingerprint density at radius 3 is 2.52 bits per heavy atom. The van der Waals surface area contributed by atoms with E-state index in [1.54, 1.807) is 0 Å². The van der Waals surface area contributed by atoms with Crippen LogP contribution in [-0.2, 0) is 17.9 Å². The van der Waals surface area contributed by atoms with Gasteiger partial charge in [0.15, 0.2) is 0 Å². The lowest BCUT2D eigenvalue weighted by Crippen LogP contribution is -2.30. The molecule has 114 valence electrons. The third kappa shape index (κ3) is 3.85. The largest absolute Gasteiger partial charge is 0.352 e.